The normalized spacial score (nSPS) is 26.8. The van der Waals surface area contributed by atoms with Gasteiger partial charge in [-0.05, 0) is 46.2 Å². The molecule has 1 saturated carbocycles. The second-order valence-corrected chi connectivity index (χ2v) is 5.82. The molecule has 1 fully saturated rings. The molecule has 0 heterocycles. The molecule has 1 aliphatic rings. The summed E-state index contributed by atoms with van der Waals surface area (Å²) < 4.78 is 5.44. The zero-order valence-corrected chi connectivity index (χ0v) is 12.1. The smallest absolute Gasteiger partial charge is 0.0900 e. The van der Waals surface area contributed by atoms with Crippen molar-refractivity contribution in [2.24, 2.45) is 11.7 Å². The first-order chi connectivity index (χ1) is 8.54. The summed E-state index contributed by atoms with van der Waals surface area (Å²) in [7, 11) is 2.09. The predicted octanol–water partition coefficient (Wildman–Crippen LogP) is 1.22. The molecule has 0 aromatic rings. The van der Waals surface area contributed by atoms with E-state index in [-0.39, 0.29) is 6.10 Å². The fraction of sp³-hybridized carbons (Fsp3) is 1.00. The number of hydrogen-bond acceptors (Lipinski definition) is 4. The van der Waals surface area contributed by atoms with E-state index in [1.165, 1.54) is 25.7 Å². The molecule has 3 unspecified atom stereocenters. The predicted molar refractivity (Wildman–Crippen MR) is 74.5 cm³/mol. The Balaban J connectivity index is 2.35. The molecular weight excluding hydrogens is 228 g/mol. The molecule has 0 aromatic heterocycles. The van der Waals surface area contributed by atoms with Gasteiger partial charge in [-0.3, -0.25) is 0 Å². The SMILES string of the molecule is CC(C)OCC(O)CN(C)C1CCCCC1CN. The van der Waals surface area contributed by atoms with Gasteiger partial charge in [0.05, 0.1) is 18.8 Å². The van der Waals surface area contributed by atoms with E-state index in [0.717, 1.165) is 6.54 Å². The average molecular weight is 258 g/mol. The van der Waals surface area contributed by atoms with Crippen molar-refractivity contribution >= 4 is 0 Å². The van der Waals surface area contributed by atoms with E-state index in [1.54, 1.807) is 0 Å². The third-order valence-corrected chi connectivity index (χ3v) is 3.86. The minimum absolute atomic E-state index is 0.177. The Morgan fingerprint density at radius 3 is 2.61 bits per heavy atom. The zero-order valence-electron chi connectivity index (χ0n) is 12.1. The van der Waals surface area contributed by atoms with Crippen LogP contribution in [0.1, 0.15) is 39.5 Å². The Bertz CT molecular complexity index is 224. The van der Waals surface area contributed by atoms with Crippen molar-refractivity contribution in [3.05, 3.63) is 0 Å². The Morgan fingerprint density at radius 1 is 1.33 bits per heavy atom. The van der Waals surface area contributed by atoms with Crippen molar-refractivity contribution in [3.8, 4) is 0 Å². The fourth-order valence-electron chi connectivity index (χ4n) is 2.87. The number of aliphatic hydroxyl groups excluding tert-OH is 1. The van der Waals surface area contributed by atoms with Crippen LogP contribution in [0.25, 0.3) is 0 Å². The van der Waals surface area contributed by atoms with Gasteiger partial charge in [-0.1, -0.05) is 12.8 Å². The highest BCUT2D eigenvalue weighted by Gasteiger charge is 2.28. The van der Waals surface area contributed by atoms with Gasteiger partial charge in [0.25, 0.3) is 0 Å². The number of likely N-dealkylation sites (N-methyl/N-ethyl adjacent to an activating group) is 1. The third-order valence-electron chi connectivity index (χ3n) is 3.86. The van der Waals surface area contributed by atoms with Crippen LogP contribution in [0.5, 0.6) is 0 Å². The number of ether oxygens (including phenoxy) is 1. The van der Waals surface area contributed by atoms with Crippen LogP contribution in [0.2, 0.25) is 0 Å². The summed E-state index contributed by atoms with van der Waals surface area (Å²) in [4.78, 5) is 2.27. The molecule has 0 radical (unpaired) electrons. The average Bonchev–Trinajstić information content (AvgIpc) is 2.36. The molecule has 18 heavy (non-hydrogen) atoms. The molecule has 0 amide bonds. The first-order valence-electron chi connectivity index (χ1n) is 7.24. The quantitative estimate of drug-likeness (QED) is 0.721. The topological polar surface area (TPSA) is 58.7 Å². The second-order valence-electron chi connectivity index (χ2n) is 5.82. The van der Waals surface area contributed by atoms with Gasteiger partial charge in [-0.25, -0.2) is 0 Å². The standard InChI is InChI=1S/C14H30N2O2/c1-11(2)18-10-13(17)9-16(3)14-7-5-4-6-12(14)8-15/h11-14,17H,4-10,15H2,1-3H3. The summed E-state index contributed by atoms with van der Waals surface area (Å²) in [5, 5.41) is 9.96. The molecule has 4 nitrogen and oxygen atoms in total. The molecule has 0 spiro atoms. The molecule has 3 atom stereocenters. The van der Waals surface area contributed by atoms with Crippen molar-refractivity contribution < 1.29 is 9.84 Å². The molecule has 0 bridgehead atoms. The lowest BCUT2D eigenvalue weighted by atomic mass is 9.83. The van der Waals surface area contributed by atoms with Crippen LogP contribution in [0.15, 0.2) is 0 Å². The summed E-state index contributed by atoms with van der Waals surface area (Å²) in [6, 6.07) is 0.525. The number of aliphatic hydroxyl groups is 1. The van der Waals surface area contributed by atoms with Crippen molar-refractivity contribution in [1.82, 2.24) is 4.90 Å². The van der Waals surface area contributed by atoms with Gasteiger partial charge in [0.2, 0.25) is 0 Å². The molecular formula is C14H30N2O2. The molecule has 0 aromatic carbocycles. The lowest BCUT2D eigenvalue weighted by molar-refractivity contribution is -0.0162. The van der Waals surface area contributed by atoms with Crippen LogP contribution >= 0.6 is 0 Å². The summed E-state index contributed by atoms with van der Waals surface area (Å²) in [5.74, 6) is 0.585. The summed E-state index contributed by atoms with van der Waals surface area (Å²) >= 11 is 0. The number of rotatable bonds is 7. The van der Waals surface area contributed by atoms with Gasteiger partial charge in [0.1, 0.15) is 0 Å². The monoisotopic (exact) mass is 258 g/mol. The van der Waals surface area contributed by atoms with Crippen LogP contribution in [0.3, 0.4) is 0 Å². The Hall–Kier alpha value is -0.160. The number of nitrogens with zero attached hydrogens (tertiary/aromatic N) is 1. The first-order valence-corrected chi connectivity index (χ1v) is 7.24. The second kappa shape index (κ2) is 8.10. The van der Waals surface area contributed by atoms with Gasteiger partial charge in [-0.15, -0.1) is 0 Å². The van der Waals surface area contributed by atoms with Crippen LogP contribution in [0.4, 0.5) is 0 Å². The highest BCUT2D eigenvalue weighted by Crippen LogP contribution is 2.27. The van der Waals surface area contributed by atoms with E-state index in [4.69, 9.17) is 10.5 Å². The highest BCUT2D eigenvalue weighted by molar-refractivity contribution is 4.83. The molecule has 0 aliphatic heterocycles. The third kappa shape index (κ3) is 5.22. The maximum absolute atomic E-state index is 9.96. The van der Waals surface area contributed by atoms with Crippen LogP contribution < -0.4 is 5.73 Å². The van der Waals surface area contributed by atoms with Gasteiger partial charge in [-0.2, -0.15) is 0 Å². The molecule has 1 aliphatic carbocycles. The van der Waals surface area contributed by atoms with Gasteiger partial charge in [0, 0.05) is 12.6 Å². The van der Waals surface area contributed by atoms with Gasteiger partial charge >= 0.3 is 0 Å². The van der Waals surface area contributed by atoms with Crippen LogP contribution in [-0.4, -0.2) is 55.0 Å². The summed E-state index contributed by atoms with van der Waals surface area (Å²) in [6.45, 7) is 5.83. The summed E-state index contributed by atoms with van der Waals surface area (Å²) in [6.07, 6.45) is 4.78. The van der Waals surface area contributed by atoms with Crippen LogP contribution in [-0.2, 0) is 4.74 Å². The van der Waals surface area contributed by atoms with E-state index in [9.17, 15) is 5.11 Å². The minimum atomic E-state index is -0.405. The molecule has 1 rings (SSSR count). The summed E-state index contributed by atoms with van der Waals surface area (Å²) in [5.41, 5.74) is 5.85. The van der Waals surface area contributed by atoms with Crippen molar-refractivity contribution in [3.63, 3.8) is 0 Å². The fourth-order valence-corrected chi connectivity index (χ4v) is 2.87. The molecule has 0 saturated heterocycles. The lowest BCUT2D eigenvalue weighted by Gasteiger charge is -2.38. The molecule has 108 valence electrons. The van der Waals surface area contributed by atoms with Gasteiger partial charge < -0.3 is 20.5 Å². The largest absolute Gasteiger partial charge is 0.389 e. The van der Waals surface area contributed by atoms with Crippen molar-refractivity contribution in [1.29, 1.82) is 0 Å². The molecule has 4 heteroatoms. The lowest BCUT2D eigenvalue weighted by Crippen LogP contribution is -2.46. The Kier molecular flexibility index (Phi) is 7.15. The maximum atomic E-state index is 9.96. The maximum Gasteiger partial charge on any atom is 0.0900 e. The number of nitrogens with two attached hydrogens (primary N) is 1. The van der Waals surface area contributed by atoms with Gasteiger partial charge in [0.15, 0.2) is 0 Å². The first kappa shape index (κ1) is 15.9. The van der Waals surface area contributed by atoms with E-state index < -0.39 is 6.10 Å². The van der Waals surface area contributed by atoms with Crippen molar-refractivity contribution in [2.75, 3.05) is 26.7 Å². The van der Waals surface area contributed by atoms with Crippen LogP contribution in [0, 0.1) is 5.92 Å². The van der Waals surface area contributed by atoms with Crippen molar-refractivity contribution in [2.45, 2.75) is 57.8 Å². The van der Waals surface area contributed by atoms with E-state index >= 15 is 0 Å². The Labute approximate surface area is 111 Å². The zero-order chi connectivity index (χ0) is 13.5. The Morgan fingerprint density at radius 2 is 2.00 bits per heavy atom. The van der Waals surface area contributed by atoms with E-state index in [0.29, 0.717) is 25.1 Å². The minimum Gasteiger partial charge on any atom is -0.389 e. The number of hydrogen-bond donors (Lipinski definition) is 2. The van der Waals surface area contributed by atoms with E-state index in [2.05, 4.69) is 11.9 Å². The highest BCUT2D eigenvalue weighted by atomic mass is 16.5. The molecule has 3 N–H and O–H groups in total. The van der Waals surface area contributed by atoms with E-state index in [1.807, 2.05) is 13.8 Å².